The molecule has 0 radical (unpaired) electrons. The lowest BCUT2D eigenvalue weighted by Gasteiger charge is -2.16. The molecule has 7 heteroatoms. The van der Waals surface area contributed by atoms with Crippen LogP contribution in [0.25, 0.3) is 11.0 Å². The summed E-state index contributed by atoms with van der Waals surface area (Å²) in [6, 6.07) is 12.3. The van der Waals surface area contributed by atoms with Crippen molar-refractivity contribution in [2.75, 3.05) is 13.7 Å². The average Bonchev–Trinajstić information content (AvgIpc) is 3.13. The molecular weight excluding hydrogens is 398 g/mol. The molecule has 1 amide bonds. The molecule has 0 aliphatic carbocycles. The van der Waals surface area contributed by atoms with E-state index in [9.17, 15) is 14.4 Å². The second kappa shape index (κ2) is 9.93. The Hall–Kier alpha value is -3.61. The van der Waals surface area contributed by atoms with Gasteiger partial charge in [0.2, 0.25) is 0 Å². The van der Waals surface area contributed by atoms with Crippen molar-refractivity contribution in [2.45, 2.75) is 32.7 Å². The van der Waals surface area contributed by atoms with Gasteiger partial charge < -0.3 is 19.2 Å². The average molecular weight is 423 g/mol. The molecule has 3 rings (SSSR count). The number of nitrogens with one attached hydrogen (secondary N) is 1. The zero-order chi connectivity index (χ0) is 22.4. The first-order chi connectivity index (χ1) is 14.9. The Morgan fingerprint density at radius 1 is 1.06 bits per heavy atom. The number of carbonyl (C=O) groups is 3. The lowest BCUT2D eigenvalue weighted by Crippen LogP contribution is -2.44. The van der Waals surface area contributed by atoms with Crippen LogP contribution in [0.1, 0.15) is 22.3 Å². The van der Waals surface area contributed by atoms with E-state index in [0.717, 1.165) is 22.1 Å². The summed E-state index contributed by atoms with van der Waals surface area (Å²) in [4.78, 5) is 36.5. The van der Waals surface area contributed by atoms with Crippen molar-refractivity contribution in [3.63, 3.8) is 0 Å². The summed E-state index contributed by atoms with van der Waals surface area (Å²) in [5.74, 6) is -1.71. The maximum absolute atomic E-state index is 12.3. The molecule has 3 aromatic rings. The highest BCUT2D eigenvalue weighted by atomic mass is 16.5. The van der Waals surface area contributed by atoms with Gasteiger partial charge in [-0.2, -0.15) is 0 Å². The number of aryl methyl sites for hydroxylation is 2. The first-order valence-corrected chi connectivity index (χ1v) is 9.91. The number of hydrogen-bond acceptors (Lipinski definition) is 6. The summed E-state index contributed by atoms with van der Waals surface area (Å²) in [5, 5.41) is 3.41. The van der Waals surface area contributed by atoms with Gasteiger partial charge in [0.15, 0.2) is 6.61 Å². The summed E-state index contributed by atoms with van der Waals surface area (Å²) >= 11 is 0. The van der Waals surface area contributed by atoms with E-state index in [1.54, 1.807) is 0 Å². The zero-order valence-corrected chi connectivity index (χ0v) is 17.8. The van der Waals surface area contributed by atoms with Crippen LogP contribution in [-0.2, 0) is 36.7 Å². The SMILES string of the molecule is COC(=O)[C@@H](Cc1ccccc1)NC(=O)COC(=O)Cc1coc2cc(C)c(C)cc12. The maximum Gasteiger partial charge on any atom is 0.328 e. The second-order valence-corrected chi connectivity index (χ2v) is 7.36. The minimum atomic E-state index is -0.873. The normalized spacial score (nSPS) is 11.7. The number of rotatable bonds is 8. The minimum Gasteiger partial charge on any atom is -0.467 e. The standard InChI is InChI=1S/C24H25NO6/c1-15-9-19-18(13-30-21(19)10-16(15)2)12-23(27)31-14-22(26)25-20(24(28)29-3)11-17-7-5-4-6-8-17/h4-10,13,20H,11-12,14H2,1-3H3,(H,25,26)/t20-/m1/s1. The quantitative estimate of drug-likeness (QED) is 0.560. The van der Waals surface area contributed by atoms with Gasteiger partial charge in [0, 0.05) is 17.4 Å². The molecule has 162 valence electrons. The van der Waals surface area contributed by atoms with Gasteiger partial charge in [-0.25, -0.2) is 4.79 Å². The third kappa shape index (κ3) is 5.72. The molecule has 7 nitrogen and oxygen atoms in total. The fourth-order valence-corrected chi connectivity index (χ4v) is 3.25. The number of amides is 1. The van der Waals surface area contributed by atoms with Crippen molar-refractivity contribution in [3.8, 4) is 0 Å². The summed E-state index contributed by atoms with van der Waals surface area (Å²) in [5.41, 5.74) is 4.46. The van der Waals surface area contributed by atoms with Crippen molar-refractivity contribution < 1.29 is 28.3 Å². The van der Waals surface area contributed by atoms with Gasteiger partial charge in [0.05, 0.1) is 19.8 Å². The highest BCUT2D eigenvalue weighted by Crippen LogP contribution is 2.25. The van der Waals surface area contributed by atoms with Crippen molar-refractivity contribution in [1.29, 1.82) is 0 Å². The highest BCUT2D eigenvalue weighted by Gasteiger charge is 2.23. The number of furan rings is 1. The van der Waals surface area contributed by atoms with E-state index >= 15 is 0 Å². The van der Waals surface area contributed by atoms with Crippen LogP contribution in [0.2, 0.25) is 0 Å². The molecular formula is C24H25NO6. The number of esters is 2. The molecule has 0 fully saturated rings. The summed E-state index contributed by atoms with van der Waals surface area (Å²) in [7, 11) is 1.25. The van der Waals surface area contributed by atoms with Crippen molar-refractivity contribution >= 4 is 28.8 Å². The molecule has 0 saturated heterocycles. The van der Waals surface area contributed by atoms with Gasteiger partial charge in [0.25, 0.3) is 5.91 Å². The minimum absolute atomic E-state index is 0.0206. The number of ether oxygens (including phenoxy) is 2. The molecule has 1 heterocycles. The Bertz CT molecular complexity index is 1090. The molecule has 0 spiro atoms. The molecule has 0 aliphatic heterocycles. The molecule has 2 aromatic carbocycles. The monoisotopic (exact) mass is 423 g/mol. The Kier molecular flexibility index (Phi) is 7.07. The highest BCUT2D eigenvalue weighted by molar-refractivity contribution is 5.89. The van der Waals surface area contributed by atoms with Crippen LogP contribution in [0.3, 0.4) is 0 Å². The van der Waals surface area contributed by atoms with Crippen LogP contribution < -0.4 is 5.32 Å². The van der Waals surface area contributed by atoms with Gasteiger partial charge in [-0.1, -0.05) is 30.3 Å². The lowest BCUT2D eigenvalue weighted by molar-refractivity contribution is -0.149. The van der Waals surface area contributed by atoms with Crippen molar-refractivity contribution in [2.24, 2.45) is 0 Å². The number of fused-ring (bicyclic) bond motifs is 1. The number of carbonyl (C=O) groups excluding carboxylic acids is 3. The molecule has 0 unspecified atom stereocenters. The second-order valence-electron chi connectivity index (χ2n) is 7.36. The summed E-state index contributed by atoms with van der Waals surface area (Å²) < 4.78 is 15.4. The van der Waals surface area contributed by atoms with Crippen LogP contribution in [-0.4, -0.2) is 37.6 Å². The first kappa shape index (κ1) is 22.1. The van der Waals surface area contributed by atoms with Crippen LogP contribution >= 0.6 is 0 Å². The zero-order valence-electron chi connectivity index (χ0n) is 17.8. The lowest BCUT2D eigenvalue weighted by atomic mass is 10.0. The van der Waals surface area contributed by atoms with Gasteiger partial charge in [0.1, 0.15) is 11.6 Å². The predicted octanol–water partition coefficient (Wildman–Crippen LogP) is 3.04. The Morgan fingerprint density at radius 2 is 1.77 bits per heavy atom. The fourth-order valence-electron chi connectivity index (χ4n) is 3.25. The Balaban J connectivity index is 1.56. The van der Waals surface area contributed by atoms with Gasteiger partial charge in [-0.15, -0.1) is 0 Å². The van der Waals surface area contributed by atoms with Gasteiger partial charge >= 0.3 is 11.9 Å². The Labute approximate surface area is 180 Å². The maximum atomic E-state index is 12.3. The van der Waals surface area contributed by atoms with E-state index in [-0.39, 0.29) is 12.8 Å². The summed E-state index contributed by atoms with van der Waals surface area (Å²) in [6.07, 6.45) is 1.78. The van der Waals surface area contributed by atoms with Crippen LogP contribution in [0, 0.1) is 13.8 Å². The molecule has 0 saturated carbocycles. The summed E-state index contributed by atoms with van der Waals surface area (Å²) in [6.45, 7) is 3.49. The van der Waals surface area contributed by atoms with Crippen LogP contribution in [0.4, 0.5) is 0 Å². The Morgan fingerprint density at radius 3 is 2.48 bits per heavy atom. The first-order valence-electron chi connectivity index (χ1n) is 9.91. The van der Waals surface area contributed by atoms with E-state index in [1.807, 2.05) is 56.3 Å². The van der Waals surface area contributed by atoms with E-state index in [4.69, 9.17) is 13.9 Å². The van der Waals surface area contributed by atoms with Crippen LogP contribution in [0.5, 0.6) is 0 Å². The topological polar surface area (TPSA) is 94.8 Å². The molecule has 0 bridgehead atoms. The van der Waals surface area contributed by atoms with E-state index in [2.05, 4.69) is 5.32 Å². The molecule has 0 aliphatic rings. The van der Waals surface area contributed by atoms with Crippen LogP contribution in [0.15, 0.2) is 53.1 Å². The smallest absolute Gasteiger partial charge is 0.328 e. The van der Waals surface area contributed by atoms with Gasteiger partial charge in [-0.05, 0) is 42.7 Å². The largest absolute Gasteiger partial charge is 0.467 e. The molecule has 1 atom stereocenters. The van der Waals surface area contributed by atoms with Crippen molar-refractivity contribution in [3.05, 3.63) is 71.0 Å². The third-order valence-electron chi connectivity index (χ3n) is 5.07. The number of hydrogen-bond donors (Lipinski definition) is 1. The molecule has 1 aromatic heterocycles. The number of methoxy groups -OCH3 is 1. The number of benzene rings is 2. The van der Waals surface area contributed by atoms with E-state index in [1.165, 1.54) is 13.4 Å². The van der Waals surface area contributed by atoms with Gasteiger partial charge in [-0.3, -0.25) is 9.59 Å². The van der Waals surface area contributed by atoms with E-state index in [0.29, 0.717) is 11.1 Å². The van der Waals surface area contributed by atoms with Crippen molar-refractivity contribution in [1.82, 2.24) is 5.32 Å². The molecule has 1 N–H and O–H groups in total. The fraction of sp³-hybridized carbons (Fsp3) is 0.292. The van der Waals surface area contributed by atoms with E-state index < -0.39 is 30.5 Å². The third-order valence-corrected chi connectivity index (χ3v) is 5.07. The molecule has 31 heavy (non-hydrogen) atoms. The predicted molar refractivity (Wildman–Crippen MR) is 114 cm³/mol.